The molecule has 0 spiro atoms. The summed E-state index contributed by atoms with van der Waals surface area (Å²) in [5.41, 5.74) is 0.598. The van der Waals surface area contributed by atoms with Gasteiger partial charge in [0.1, 0.15) is 11.0 Å². The molecule has 0 N–H and O–H groups in total. The van der Waals surface area contributed by atoms with Gasteiger partial charge in [-0.05, 0) is 16.8 Å². The first-order valence-electron chi connectivity index (χ1n) is 3.68. The first kappa shape index (κ1) is 9.48. The Labute approximate surface area is 92.8 Å². The van der Waals surface area contributed by atoms with Crippen LogP contribution in [0.1, 0.15) is 0 Å². The molecule has 0 amide bonds. The van der Waals surface area contributed by atoms with Crippen molar-refractivity contribution in [2.45, 2.75) is 0 Å². The van der Waals surface area contributed by atoms with E-state index in [0.717, 1.165) is 4.47 Å². The molecular formula is C8H4BrClN2O2. The van der Waals surface area contributed by atoms with E-state index in [1.807, 2.05) is 0 Å². The first-order valence-corrected chi connectivity index (χ1v) is 4.85. The second kappa shape index (κ2) is 3.59. The molecular weight excluding hydrogens is 271 g/mol. The normalized spacial score (nSPS) is 10.4. The van der Waals surface area contributed by atoms with E-state index in [1.54, 1.807) is 18.2 Å². The Kier molecular flexibility index (Phi) is 2.43. The van der Waals surface area contributed by atoms with Crippen LogP contribution in [0.4, 0.5) is 0 Å². The van der Waals surface area contributed by atoms with Crippen molar-refractivity contribution in [3.63, 3.8) is 0 Å². The van der Waals surface area contributed by atoms with Gasteiger partial charge in [-0.1, -0.05) is 27.5 Å². The molecule has 72 valence electrons. The van der Waals surface area contributed by atoms with Gasteiger partial charge in [0.2, 0.25) is 6.20 Å². The van der Waals surface area contributed by atoms with Gasteiger partial charge < -0.3 is 9.63 Å². The van der Waals surface area contributed by atoms with E-state index >= 15 is 0 Å². The van der Waals surface area contributed by atoms with Gasteiger partial charge in [-0.25, -0.2) is 0 Å². The minimum absolute atomic E-state index is 0.484. The van der Waals surface area contributed by atoms with E-state index in [1.165, 1.54) is 10.9 Å². The topological polar surface area (TPSA) is 53.0 Å². The lowest BCUT2D eigenvalue weighted by Crippen LogP contribution is -2.31. The van der Waals surface area contributed by atoms with Crippen LogP contribution in [0.3, 0.4) is 0 Å². The van der Waals surface area contributed by atoms with E-state index in [9.17, 15) is 5.11 Å². The van der Waals surface area contributed by atoms with Crippen molar-refractivity contribution in [2.75, 3.05) is 0 Å². The van der Waals surface area contributed by atoms with E-state index < -0.39 is 5.95 Å². The molecule has 14 heavy (non-hydrogen) atoms. The molecule has 2 rings (SSSR count). The van der Waals surface area contributed by atoms with Gasteiger partial charge in [-0.15, -0.1) is 0 Å². The molecule has 1 heterocycles. The summed E-state index contributed by atoms with van der Waals surface area (Å²) >= 11 is 9.21. The Morgan fingerprint density at radius 1 is 1.50 bits per heavy atom. The Bertz CT molecular complexity index is 472. The Morgan fingerprint density at radius 2 is 2.29 bits per heavy atom. The standard InChI is InChI=1S/C8H4BrClN2O2/c9-5-1-2-7(6(10)3-5)12-4-8(13)14-11-12/h1-4H. The Morgan fingerprint density at radius 3 is 2.86 bits per heavy atom. The van der Waals surface area contributed by atoms with Crippen LogP contribution >= 0.6 is 27.5 Å². The van der Waals surface area contributed by atoms with E-state index in [0.29, 0.717) is 10.7 Å². The summed E-state index contributed by atoms with van der Waals surface area (Å²) in [5.74, 6) is -0.510. The molecule has 0 aliphatic rings. The Hall–Kier alpha value is -1.07. The van der Waals surface area contributed by atoms with Crippen LogP contribution in [0.25, 0.3) is 5.69 Å². The highest BCUT2D eigenvalue weighted by Gasteiger charge is 2.13. The molecule has 0 unspecified atom stereocenters. The molecule has 6 heteroatoms. The van der Waals surface area contributed by atoms with E-state index in [2.05, 4.69) is 25.7 Å². The number of rotatable bonds is 1. The lowest BCUT2D eigenvalue weighted by Gasteiger charge is -1.93. The number of hydrogen-bond acceptors (Lipinski definition) is 3. The molecule has 0 fully saturated rings. The van der Waals surface area contributed by atoms with Crippen molar-refractivity contribution >= 4 is 27.5 Å². The summed E-state index contributed by atoms with van der Waals surface area (Å²) in [7, 11) is 0. The smallest absolute Gasteiger partial charge is 0.257 e. The zero-order valence-corrected chi connectivity index (χ0v) is 9.12. The monoisotopic (exact) mass is 274 g/mol. The second-order valence-corrected chi connectivity index (χ2v) is 3.88. The molecule has 0 aliphatic carbocycles. The summed E-state index contributed by atoms with van der Waals surface area (Å²) in [6, 6.07) is 5.24. The molecule has 1 aromatic heterocycles. The molecule has 4 nitrogen and oxygen atoms in total. The maximum Gasteiger partial charge on any atom is 0.257 e. The van der Waals surface area contributed by atoms with Gasteiger partial charge in [0.05, 0.1) is 5.27 Å². The lowest BCUT2D eigenvalue weighted by atomic mass is 10.3. The fourth-order valence-corrected chi connectivity index (χ4v) is 1.77. The molecule has 1 aromatic carbocycles. The maximum atomic E-state index is 10.7. The average Bonchev–Trinajstić information content (AvgIpc) is 2.51. The molecule has 0 radical (unpaired) electrons. The summed E-state index contributed by atoms with van der Waals surface area (Å²) in [6.45, 7) is 0. The Balaban J connectivity index is 2.52. The van der Waals surface area contributed by atoms with Crippen molar-refractivity contribution in [2.24, 2.45) is 0 Å². The van der Waals surface area contributed by atoms with Crippen molar-refractivity contribution in [3.8, 4) is 11.6 Å². The van der Waals surface area contributed by atoms with E-state index in [4.69, 9.17) is 11.6 Å². The highest BCUT2D eigenvalue weighted by Crippen LogP contribution is 2.21. The van der Waals surface area contributed by atoms with Crippen LogP contribution in [-0.2, 0) is 0 Å². The van der Waals surface area contributed by atoms with E-state index in [-0.39, 0.29) is 0 Å². The van der Waals surface area contributed by atoms with Gasteiger partial charge in [-0.3, -0.25) is 0 Å². The van der Waals surface area contributed by atoms with Gasteiger partial charge in [0.15, 0.2) is 0 Å². The minimum Gasteiger partial charge on any atom is -0.539 e. The maximum absolute atomic E-state index is 10.7. The fraction of sp³-hybridized carbons (Fsp3) is 0. The highest BCUT2D eigenvalue weighted by molar-refractivity contribution is 9.10. The van der Waals surface area contributed by atoms with Crippen molar-refractivity contribution in [3.05, 3.63) is 33.9 Å². The van der Waals surface area contributed by atoms with Crippen molar-refractivity contribution in [1.82, 2.24) is 5.27 Å². The average molecular weight is 275 g/mol. The highest BCUT2D eigenvalue weighted by atomic mass is 79.9. The summed E-state index contributed by atoms with van der Waals surface area (Å²) < 4.78 is 6.54. The molecule has 0 saturated carbocycles. The number of hydrogen-bond donors (Lipinski definition) is 0. The number of aromatic nitrogens is 2. The molecule has 0 saturated heterocycles. The fourth-order valence-electron chi connectivity index (χ4n) is 1.01. The minimum atomic E-state index is -0.510. The third-order valence-electron chi connectivity index (χ3n) is 1.60. The van der Waals surface area contributed by atoms with Crippen molar-refractivity contribution < 1.29 is 14.3 Å². The first-order chi connectivity index (χ1) is 6.66. The number of nitrogens with zero attached hydrogens (tertiary/aromatic N) is 2. The largest absolute Gasteiger partial charge is 0.539 e. The van der Waals surface area contributed by atoms with Crippen LogP contribution < -0.4 is 9.79 Å². The zero-order valence-electron chi connectivity index (χ0n) is 6.78. The molecule has 0 bridgehead atoms. The summed E-state index contributed by atoms with van der Waals surface area (Å²) in [4.78, 5) is 0. The third-order valence-corrected chi connectivity index (χ3v) is 2.40. The third kappa shape index (κ3) is 1.73. The van der Waals surface area contributed by atoms with Gasteiger partial charge in [-0.2, -0.15) is 0 Å². The van der Waals surface area contributed by atoms with Crippen LogP contribution in [0.2, 0.25) is 5.02 Å². The van der Waals surface area contributed by atoms with Gasteiger partial charge in [0, 0.05) is 10.5 Å². The zero-order chi connectivity index (χ0) is 10.1. The quantitative estimate of drug-likeness (QED) is 0.740. The van der Waals surface area contributed by atoms with Gasteiger partial charge >= 0.3 is 0 Å². The second-order valence-electron chi connectivity index (χ2n) is 2.56. The van der Waals surface area contributed by atoms with Crippen LogP contribution in [0.5, 0.6) is 5.95 Å². The summed E-state index contributed by atoms with van der Waals surface area (Å²) in [6.07, 6.45) is 1.22. The lowest BCUT2D eigenvalue weighted by molar-refractivity contribution is -0.670. The summed E-state index contributed by atoms with van der Waals surface area (Å²) in [5, 5.41) is 14.7. The SMILES string of the molecule is [O-]c1c[n+](-c2ccc(Br)cc2Cl)no1. The molecule has 0 aliphatic heterocycles. The van der Waals surface area contributed by atoms with Crippen LogP contribution in [-0.4, -0.2) is 5.27 Å². The van der Waals surface area contributed by atoms with Crippen molar-refractivity contribution in [1.29, 1.82) is 0 Å². The van der Waals surface area contributed by atoms with Crippen LogP contribution in [0, 0.1) is 0 Å². The molecule has 0 atom stereocenters. The predicted molar refractivity (Wildman–Crippen MR) is 50.2 cm³/mol. The number of benzene rings is 1. The van der Waals surface area contributed by atoms with Gasteiger partial charge in [0.25, 0.3) is 5.69 Å². The predicted octanol–water partition coefficient (Wildman–Crippen LogP) is 1.44. The van der Waals surface area contributed by atoms with Crippen LogP contribution in [0.15, 0.2) is 33.4 Å². The number of halogens is 2. The molecule has 2 aromatic rings.